The molecule has 1 atom stereocenters. The summed E-state index contributed by atoms with van der Waals surface area (Å²) in [4.78, 5) is 23.1. The average molecular weight is 775 g/mol. The number of aliphatic hydroxyl groups is 1. The van der Waals surface area contributed by atoms with Crippen molar-refractivity contribution < 1.29 is 28.5 Å². The zero-order valence-electron chi connectivity index (χ0n) is 29.7. The van der Waals surface area contributed by atoms with Gasteiger partial charge in [0.1, 0.15) is 22.6 Å². The molecule has 4 N–H and O–H groups in total. The second-order valence-corrected chi connectivity index (χ2v) is 14.5. The van der Waals surface area contributed by atoms with Gasteiger partial charge in [0.05, 0.1) is 28.4 Å². The molecule has 1 saturated carbocycles. The smallest absolute Gasteiger partial charge is 0.323 e. The minimum Gasteiger partial charge on any atom is -0.493 e. The predicted molar refractivity (Wildman–Crippen MR) is 208 cm³/mol. The van der Waals surface area contributed by atoms with E-state index in [1.165, 1.54) is 12.1 Å². The number of aliphatic hydroxyl groups excluding tert-OH is 1. The number of likely N-dealkylation sites (tertiary alicyclic amines) is 1. The SMILES string of the molecule is CCOc1cc(/C(F)=C/c2cccc(-c3cccc(Nc4nccc5cc(CN6CCC(O)C6)cnc45)c3Cl)c2C)c(Cl)c(F)c1CNC1(C(=O)O)CC1. The molecular weight excluding hydrogens is 735 g/mol. The molecule has 54 heavy (non-hydrogen) atoms. The third-order valence-corrected chi connectivity index (χ3v) is 10.9. The Bertz CT molecular complexity index is 2280. The van der Waals surface area contributed by atoms with Gasteiger partial charge in [-0.3, -0.25) is 20.0 Å². The monoisotopic (exact) mass is 773 g/mol. The summed E-state index contributed by atoms with van der Waals surface area (Å²) in [7, 11) is 0. The lowest BCUT2D eigenvalue weighted by Crippen LogP contribution is -2.38. The zero-order valence-corrected chi connectivity index (χ0v) is 31.2. The molecule has 3 aromatic carbocycles. The van der Waals surface area contributed by atoms with Crippen molar-refractivity contribution in [3.8, 4) is 16.9 Å². The van der Waals surface area contributed by atoms with Gasteiger partial charge in [0.2, 0.25) is 0 Å². The predicted octanol–water partition coefficient (Wildman–Crippen LogP) is 8.93. The maximum atomic E-state index is 16.1. The maximum absolute atomic E-state index is 16.1. The highest BCUT2D eigenvalue weighted by Crippen LogP contribution is 2.41. The van der Waals surface area contributed by atoms with Crippen LogP contribution in [0.1, 0.15) is 54.0 Å². The number of β-amino-alcohol motifs (C(OH)–C–C–N with tert-alkyl or cyclic N) is 1. The first-order valence-electron chi connectivity index (χ1n) is 17.8. The van der Waals surface area contributed by atoms with Gasteiger partial charge in [0, 0.05) is 60.6 Å². The molecule has 2 fully saturated rings. The molecular formula is C41H39Cl2F2N5O4. The van der Waals surface area contributed by atoms with Gasteiger partial charge in [-0.1, -0.05) is 53.5 Å². The quantitative estimate of drug-likeness (QED) is 0.0870. The molecule has 280 valence electrons. The topological polar surface area (TPSA) is 120 Å². The number of carboxylic acids is 1. The van der Waals surface area contributed by atoms with Crippen molar-refractivity contribution >= 4 is 63.5 Å². The lowest BCUT2D eigenvalue weighted by atomic mass is 9.95. The largest absolute Gasteiger partial charge is 0.493 e. The van der Waals surface area contributed by atoms with Crippen molar-refractivity contribution in [2.24, 2.45) is 0 Å². The summed E-state index contributed by atoms with van der Waals surface area (Å²) in [5, 5.41) is 26.6. The number of nitrogens with zero attached hydrogens (tertiary/aromatic N) is 3. The Balaban J connectivity index is 1.15. The van der Waals surface area contributed by atoms with E-state index in [9.17, 15) is 15.0 Å². The highest BCUT2D eigenvalue weighted by molar-refractivity contribution is 6.36. The molecule has 5 aromatic rings. The van der Waals surface area contributed by atoms with Gasteiger partial charge >= 0.3 is 5.97 Å². The highest BCUT2D eigenvalue weighted by atomic mass is 35.5. The number of halogens is 4. The number of pyridine rings is 2. The maximum Gasteiger partial charge on any atom is 0.323 e. The van der Waals surface area contributed by atoms with Crippen molar-refractivity contribution in [2.75, 3.05) is 25.0 Å². The number of rotatable bonds is 13. The standard InChI is InChI=1S/C41H39Cl2F2N5O4/c1-3-54-34-18-30(36(43)37(45)31(34)20-48-41(12-13-41)40(52)53)32(44)17-25-6-4-7-28(23(25)2)29-8-5-9-33(35(29)42)49-39-38-26(10-14-46-39)16-24(19-47-38)21-50-15-11-27(51)22-50/h4-10,14,16-19,27,48,51H,3,11-13,15,20-22H2,1-2H3,(H,46,49)(H,52,53)/b32-17-. The molecule has 1 unspecified atom stereocenters. The van der Waals surface area contributed by atoms with Crippen LogP contribution in [-0.4, -0.2) is 62.4 Å². The lowest BCUT2D eigenvalue weighted by molar-refractivity contribution is -0.140. The number of aromatic nitrogens is 2. The van der Waals surface area contributed by atoms with E-state index in [0.717, 1.165) is 35.0 Å². The summed E-state index contributed by atoms with van der Waals surface area (Å²) in [5.74, 6) is -2.05. The van der Waals surface area contributed by atoms with Crippen LogP contribution in [0, 0.1) is 12.7 Å². The normalized spacial score (nSPS) is 16.9. The molecule has 2 aromatic heterocycles. The van der Waals surface area contributed by atoms with Crippen LogP contribution in [-0.2, 0) is 17.9 Å². The fourth-order valence-corrected chi connectivity index (χ4v) is 7.42. The van der Waals surface area contributed by atoms with E-state index in [1.807, 2.05) is 43.5 Å². The molecule has 0 spiro atoms. The van der Waals surface area contributed by atoms with Gasteiger partial charge in [0.15, 0.2) is 11.6 Å². The van der Waals surface area contributed by atoms with Crippen molar-refractivity contribution in [2.45, 2.75) is 57.8 Å². The van der Waals surface area contributed by atoms with Gasteiger partial charge in [-0.05, 0) is 85.7 Å². The van der Waals surface area contributed by atoms with Crippen LogP contribution in [0.5, 0.6) is 5.75 Å². The van der Waals surface area contributed by atoms with Gasteiger partial charge in [-0.15, -0.1) is 0 Å². The Morgan fingerprint density at radius 1 is 1.11 bits per heavy atom. The van der Waals surface area contributed by atoms with Gasteiger partial charge in [-0.2, -0.15) is 0 Å². The first-order valence-corrected chi connectivity index (χ1v) is 18.5. The van der Waals surface area contributed by atoms with Crippen molar-refractivity contribution in [1.82, 2.24) is 20.2 Å². The van der Waals surface area contributed by atoms with Crippen LogP contribution in [0.4, 0.5) is 20.3 Å². The number of carbonyl (C=O) groups is 1. The molecule has 9 nitrogen and oxygen atoms in total. The lowest BCUT2D eigenvalue weighted by Gasteiger charge is -2.18. The Labute approximate surface area is 321 Å². The summed E-state index contributed by atoms with van der Waals surface area (Å²) in [5.41, 5.74) is 3.78. The summed E-state index contributed by atoms with van der Waals surface area (Å²) in [6.07, 6.45) is 6.17. The molecule has 1 saturated heterocycles. The number of fused-ring (bicyclic) bond motifs is 1. The van der Waals surface area contributed by atoms with E-state index in [0.29, 0.717) is 59.1 Å². The first-order chi connectivity index (χ1) is 26.0. The molecule has 1 aliphatic carbocycles. The number of ether oxygens (including phenoxy) is 1. The second kappa shape index (κ2) is 15.6. The van der Waals surface area contributed by atoms with Crippen molar-refractivity contribution in [3.05, 3.63) is 111 Å². The minimum atomic E-state index is -1.11. The highest BCUT2D eigenvalue weighted by Gasteiger charge is 2.50. The number of carboxylic acid groups (broad SMARTS) is 1. The first kappa shape index (κ1) is 37.7. The second-order valence-electron chi connectivity index (χ2n) is 13.8. The molecule has 0 amide bonds. The Hall–Kier alpha value is -4.65. The van der Waals surface area contributed by atoms with E-state index in [2.05, 4.69) is 26.6 Å². The molecule has 13 heteroatoms. The van der Waals surface area contributed by atoms with Crippen molar-refractivity contribution in [3.63, 3.8) is 0 Å². The van der Waals surface area contributed by atoms with E-state index in [-0.39, 0.29) is 36.1 Å². The van der Waals surface area contributed by atoms with Crippen LogP contribution in [0.25, 0.3) is 33.9 Å². The Morgan fingerprint density at radius 3 is 2.61 bits per heavy atom. The summed E-state index contributed by atoms with van der Waals surface area (Å²) in [6.45, 7) is 5.80. The molecule has 7 rings (SSSR count). The number of hydrogen-bond acceptors (Lipinski definition) is 8. The molecule has 0 bridgehead atoms. The number of anilines is 2. The number of hydrogen-bond donors (Lipinski definition) is 4. The van der Waals surface area contributed by atoms with E-state index < -0.39 is 28.2 Å². The van der Waals surface area contributed by atoms with E-state index in [1.54, 1.807) is 25.3 Å². The van der Waals surface area contributed by atoms with Gasteiger partial charge in [-0.25, -0.2) is 13.8 Å². The molecule has 2 aliphatic rings. The summed E-state index contributed by atoms with van der Waals surface area (Å²) >= 11 is 13.5. The third kappa shape index (κ3) is 7.65. The minimum absolute atomic E-state index is 0.0329. The zero-order chi connectivity index (χ0) is 38.1. The molecule has 3 heterocycles. The van der Waals surface area contributed by atoms with E-state index >= 15 is 8.78 Å². The van der Waals surface area contributed by atoms with Crippen LogP contribution >= 0.6 is 23.2 Å². The average Bonchev–Trinajstić information content (AvgIpc) is 3.85. The third-order valence-electron chi connectivity index (χ3n) is 10.1. The van der Waals surface area contributed by atoms with Crippen LogP contribution in [0.2, 0.25) is 10.0 Å². The summed E-state index contributed by atoms with van der Waals surface area (Å²) < 4.78 is 37.4. The van der Waals surface area contributed by atoms with Gasteiger partial charge < -0.3 is 20.3 Å². The fraction of sp³-hybridized carbons (Fsp3) is 0.293. The Morgan fingerprint density at radius 2 is 1.89 bits per heavy atom. The van der Waals surface area contributed by atoms with Crippen molar-refractivity contribution in [1.29, 1.82) is 0 Å². The van der Waals surface area contributed by atoms with Gasteiger partial charge in [0.25, 0.3) is 0 Å². The van der Waals surface area contributed by atoms with Crippen LogP contribution in [0.15, 0.2) is 67.0 Å². The molecule has 0 radical (unpaired) electrons. The molecule has 1 aliphatic heterocycles. The van der Waals surface area contributed by atoms with Crippen LogP contribution in [0.3, 0.4) is 0 Å². The number of aliphatic carboxylic acids is 1. The fourth-order valence-electron chi connectivity index (χ4n) is 6.89. The Kier molecular flexibility index (Phi) is 10.9. The van der Waals surface area contributed by atoms with E-state index in [4.69, 9.17) is 32.9 Å². The summed E-state index contributed by atoms with van der Waals surface area (Å²) in [6, 6.07) is 16.3. The number of benzene rings is 3. The van der Waals surface area contributed by atoms with Crippen LogP contribution < -0.4 is 15.4 Å². The number of nitrogens with one attached hydrogen (secondary N) is 2.